The molecule has 1 atom stereocenters. The van der Waals surface area contributed by atoms with E-state index in [9.17, 15) is 9.59 Å². The first-order chi connectivity index (χ1) is 10.6. The molecule has 0 heterocycles. The minimum atomic E-state index is -0.297. The van der Waals surface area contributed by atoms with Crippen LogP contribution in [0.25, 0.3) is 6.08 Å². The van der Waals surface area contributed by atoms with Crippen molar-refractivity contribution in [2.75, 3.05) is 13.2 Å². The molecule has 1 amide bonds. The molecule has 0 saturated heterocycles. The van der Waals surface area contributed by atoms with Gasteiger partial charge in [0.25, 0.3) is 0 Å². The maximum Gasteiger partial charge on any atom is 0.310 e. The fourth-order valence-electron chi connectivity index (χ4n) is 2.29. The predicted molar refractivity (Wildman–Crippen MR) is 86.0 cm³/mol. The Kier molecular flexibility index (Phi) is 5.75. The van der Waals surface area contributed by atoms with Crippen molar-refractivity contribution in [1.29, 1.82) is 0 Å². The molecule has 1 aliphatic carbocycles. The normalized spacial score (nSPS) is 15.5. The number of amides is 1. The Hall–Kier alpha value is -2.10. The van der Waals surface area contributed by atoms with E-state index in [0.717, 1.165) is 18.4 Å². The summed E-state index contributed by atoms with van der Waals surface area (Å²) in [6.07, 6.45) is 5.43. The lowest BCUT2D eigenvalue weighted by Gasteiger charge is -2.23. The molecule has 118 valence electrons. The van der Waals surface area contributed by atoms with Gasteiger partial charge in [-0.25, -0.2) is 0 Å². The van der Waals surface area contributed by atoms with Gasteiger partial charge in [-0.3, -0.25) is 9.59 Å². The molecule has 4 heteroatoms. The number of rotatable bonds is 7. The third-order valence-corrected chi connectivity index (χ3v) is 3.65. The van der Waals surface area contributed by atoms with Crippen LogP contribution in [0.4, 0.5) is 0 Å². The van der Waals surface area contributed by atoms with E-state index in [1.54, 1.807) is 17.9 Å². The summed E-state index contributed by atoms with van der Waals surface area (Å²) in [6.45, 7) is 4.38. The van der Waals surface area contributed by atoms with Crippen LogP contribution in [0.5, 0.6) is 0 Å². The molecule has 22 heavy (non-hydrogen) atoms. The largest absolute Gasteiger partial charge is 0.466 e. The van der Waals surface area contributed by atoms with Gasteiger partial charge in [-0.15, -0.1) is 0 Å². The number of hydrogen-bond acceptors (Lipinski definition) is 3. The van der Waals surface area contributed by atoms with Crippen molar-refractivity contribution >= 4 is 18.0 Å². The minimum Gasteiger partial charge on any atom is -0.466 e. The molecule has 1 aromatic rings. The molecular formula is C18H23NO3. The molecular weight excluding hydrogens is 278 g/mol. The quantitative estimate of drug-likeness (QED) is 0.574. The zero-order valence-electron chi connectivity index (χ0n) is 13.2. The van der Waals surface area contributed by atoms with E-state index < -0.39 is 0 Å². The number of hydrogen-bond donors (Lipinski definition) is 0. The van der Waals surface area contributed by atoms with Crippen LogP contribution >= 0.6 is 0 Å². The van der Waals surface area contributed by atoms with Gasteiger partial charge in [0.05, 0.1) is 12.5 Å². The molecule has 4 nitrogen and oxygen atoms in total. The lowest BCUT2D eigenvalue weighted by molar-refractivity contribution is -0.148. The van der Waals surface area contributed by atoms with E-state index in [-0.39, 0.29) is 23.8 Å². The van der Waals surface area contributed by atoms with Gasteiger partial charge >= 0.3 is 5.97 Å². The van der Waals surface area contributed by atoms with Crippen molar-refractivity contribution in [2.45, 2.75) is 32.7 Å². The van der Waals surface area contributed by atoms with Crippen LogP contribution in [0.1, 0.15) is 32.3 Å². The highest BCUT2D eigenvalue weighted by Crippen LogP contribution is 2.28. The Morgan fingerprint density at radius 2 is 2.00 bits per heavy atom. The maximum atomic E-state index is 12.4. The van der Waals surface area contributed by atoms with Gasteiger partial charge in [-0.2, -0.15) is 0 Å². The summed E-state index contributed by atoms with van der Waals surface area (Å²) in [4.78, 5) is 25.9. The number of ether oxygens (including phenoxy) is 1. The van der Waals surface area contributed by atoms with Gasteiger partial charge in [-0.1, -0.05) is 37.3 Å². The van der Waals surface area contributed by atoms with Crippen LogP contribution in [0, 0.1) is 5.92 Å². The molecule has 1 aliphatic rings. The number of nitrogens with zero attached hydrogens (tertiary/aromatic N) is 1. The standard InChI is InChI=1S/C18H23NO3/c1-3-22-18(21)14(2)13-19(16-10-11-16)17(20)12-9-15-7-5-4-6-8-15/h4-9,12,14,16H,3,10-11,13H2,1-2H3/b12-9+. The van der Waals surface area contributed by atoms with Gasteiger partial charge < -0.3 is 9.64 Å². The van der Waals surface area contributed by atoms with Crippen LogP contribution in [-0.2, 0) is 14.3 Å². The summed E-state index contributed by atoms with van der Waals surface area (Å²) in [7, 11) is 0. The molecule has 2 rings (SSSR count). The first-order valence-corrected chi connectivity index (χ1v) is 7.82. The highest BCUT2D eigenvalue weighted by molar-refractivity contribution is 5.92. The first kappa shape index (κ1) is 16.3. The number of benzene rings is 1. The predicted octanol–water partition coefficient (Wildman–Crippen LogP) is 2.89. The molecule has 0 bridgehead atoms. The fraction of sp³-hybridized carbons (Fsp3) is 0.444. The molecule has 0 aliphatic heterocycles. The summed E-state index contributed by atoms with van der Waals surface area (Å²) < 4.78 is 5.02. The van der Waals surface area contributed by atoms with Crippen LogP contribution in [0.15, 0.2) is 36.4 Å². The summed E-state index contributed by atoms with van der Waals surface area (Å²) in [5, 5.41) is 0. The first-order valence-electron chi connectivity index (χ1n) is 7.82. The molecule has 0 aromatic heterocycles. The average molecular weight is 301 g/mol. The van der Waals surface area contributed by atoms with E-state index in [1.807, 2.05) is 43.3 Å². The number of carbonyl (C=O) groups is 2. The zero-order chi connectivity index (χ0) is 15.9. The van der Waals surface area contributed by atoms with Crippen molar-refractivity contribution < 1.29 is 14.3 Å². The van der Waals surface area contributed by atoms with Crippen molar-refractivity contribution in [1.82, 2.24) is 4.90 Å². The van der Waals surface area contributed by atoms with Crippen LogP contribution < -0.4 is 0 Å². The topological polar surface area (TPSA) is 46.6 Å². The monoisotopic (exact) mass is 301 g/mol. The second-order valence-corrected chi connectivity index (χ2v) is 5.62. The van der Waals surface area contributed by atoms with Crippen molar-refractivity contribution in [3.8, 4) is 0 Å². The van der Waals surface area contributed by atoms with E-state index in [4.69, 9.17) is 4.74 Å². The highest BCUT2D eigenvalue weighted by Gasteiger charge is 2.33. The highest BCUT2D eigenvalue weighted by atomic mass is 16.5. The zero-order valence-corrected chi connectivity index (χ0v) is 13.2. The molecule has 1 unspecified atom stereocenters. The Bertz CT molecular complexity index is 535. The average Bonchev–Trinajstić information content (AvgIpc) is 3.36. The van der Waals surface area contributed by atoms with Crippen molar-refractivity contribution in [3.63, 3.8) is 0 Å². The summed E-state index contributed by atoms with van der Waals surface area (Å²) in [5.41, 5.74) is 0.991. The van der Waals surface area contributed by atoms with Gasteiger partial charge in [0.15, 0.2) is 0 Å². The van der Waals surface area contributed by atoms with E-state index in [2.05, 4.69) is 0 Å². The fourth-order valence-corrected chi connectivity index (χ4v) is 2.29. The second-order valence-electron chi connectivity index (χ2n) is 5.62. The SMILES string of the molecule is CCOC(=O)C(C)CN(C(=O)/C=C/c1ccccc1)C1CC1. The molecule has 1 aromatic carbocycles. The Balaban J connectivity index is 1.97. The summed E-state index contributed by atoms with van der Waals surface area (Å²) in [6, 6.07) is 9.98. The molecule has 0 radical (unpaired) electrons. The van der Waals surface area contributed by atoms with E-state index in [0.29, 0.717) is 13.2 Å². The molecule has 0 spiro atoms. The van der Waals surface area contributed by atoms with Gasteiger partial charge in [-0.05, 0) is 31.4 Å². The summed E-state index contributed by atoms with van der Waals surface area (Å²) in [5.74, 6) is -0.579. The third kappa shape index (κ3) is 4.72. The van der Waals surface area contributed by atoms with Crippen LogP contribution in [0.2, 0.25) is 0 Å². The van der Waals surface area contributed by atoms with E-state index >= 15 is 0 Å². The Morgan fingerprint density at radius 3 is 2.59 bits per heavy atom. The molecule has 1 fully saturated rings. The summed E-state index contributed by atoms with van der Waals surface area (Å²) >= 11 is 0. The van der Waals surface area contributed by atoms with Crippen molar-refractivity contribution in [2.24, 2.45) is 5.92 Å². The lowest BCUT2D eigenvalue weighted by Crippen LogP contribution is -2.38. The van der Waals surface area contributed by atoms with Gasteiger partial charge in [0.2, 0.25) is 5.91 Å². The smallest absolute Gasteiger partial charge is 0.310 e. The Labute approximate surface area is 131 Å². The van der Waals surface area contributed by atoms with Crippen LogP contribution in [-0.4, -0.2) is 36.0 Å². The van der Waals surface area contributed by atoms with Gasteiger partial charge in [0, 0.05) is 18.7 Å². The third-order valence-electron chi connectivity index (χ3n) is 3.65. The second kappa shape index (κ2) is 7.78. The molecule has 1 saturated carbocycles. The van der Waals surface area contributed by atoms with E-state index in [1.165, 1.54) is 0 Å². The number of esters is 1. The lowest BCUT2D eigenvalue weighted by atomic mass is 10.1. The van der Waals surface area contributed by atoms with Crippen LogP contribution in [0.3, 0.4) is 0 Å². The molecule has 0 N–H and O–H groups in total. The Morgan fingerprint density at radius 1 is 1.32 bits per heavy atom. The maximum absolute atomic E-state index is 12.4. The van der Waals surface area contributed by atoms with Gasteiger partial charge in [0.1, 0.15) is 0 Å². The minimum absolute atomic E-state index is 0.0394. The van der Waals surface area contributed by atoms with Crippen molar-refractivity contribution in [3.05, 3.63) is 42.0 Å². The number of carbonyl (C=O) groups excluding carboxylic acids is 2.